The average Bonchev–Trinajstić information content (AvgIpc) is 3.07. The maximum absolute atomic E-state index is 13.0. The van der Waals surface area contributed by atoms with E-state index in [1.807, 2.05) is 0 Å². The predicted octanol–water partition coefficient (Wildman–Crippen LogP) is 4.29. The third-order valence-electron chi connectivity index (χ3n) is 5.75. The second-order valence-electron chi connectivity index (χ2n) is 8.37. The van der Waals surface area contributed by atoms with Gasteiger partial charge >= 0.3 is 6.03 Å². The lowest BCUT2D eigenvalue weighted by Crippen LogP contribution is -2.46. The number of nitrogens with zero attached hydrogens (tertiary/aromatic N) is 4. The molecule has 0 atom stereocenters. The van der Waals surface area contributed by atoms with Gasteiger partial charge in [0.05, 0.1) is 17.3 Å². The Balaban J connectivity index is 0.000000751. The van der Waals surface area contributed by atoms with Gasteiger partial charge in [-0.15, -0.1) is 0 Å². The minimum atomic E-state index is -0.833. The van der Waals surface area contributed by atoms with E-state index in [4.69, 9.17) is 27.2 Å². The summed E-state index contributed by atoms with van der Waals surface area (Å²) < 4.78 is 0. The molecule has 1 aliphatic carbocycles. The van der Waals surface area contributed by atoms with E-state index in [0.717, 1.165) is 38.2 Å². The maximum atomic E-state index is 13.0. The number of carboxylic acid groups (broad SMARTS) is 1. The summed E-state index contributed by atoms with van der Waals surface area (Å²) in [6.45, 7) is 1.35. The number of carbonyl (C=O) groups is 3. The number of hydrogen-bond donors (Lipinski definition) is 3. The van der Waals surface area contributed by atoms with Gasteiger partial charge in [-0.2, -0.15) is 4.98 Å². The average molecular weight is 489 g/mol. The van der Waals surface area contributed by atoms with Gasteiger partial charge in [0.1, 0.15) is 5.82 Å². The Morgan fingerprint density at radius 2 is 1.85 bits per heavy atom. The Morgan fingerprint density at radius 1 is 1.21 bits per heavy atom. The summed E-state index contributed by atoms with van der Waals surface area (Å²) in [4.78, 5) is 45.9. The first kappa shape index (κ1) is 25.2. The van der Waals surface area contributed by atoms with Crippen molar-refractivity contribution in [3.8, 4) is 0 Å². The van der Waals surface area contributed by atoms with Gasteiger partial charge in [-0.25, -0.2) is 9.78 Å². The lowest BCUT2D eigenvalue weighted by Gasteiger charge is -2.34. The third kappa shape index (κ3) is 6.13. The summed E-state index contributed by atoms with van der Waals surface area (Å²) in [6, 6.07) is 4.92. The van der Waals surface area contributed by atoms with Crippen LogP contribution >= 0.6 is 11.6 Å². The first-order valence-corrected chi connectivity index (χ1v) is 11.5. The molecule has 11 heteroatoms. The van der Waals surface area contributed by atoms with Crippen LogP contribution in [0.25, 0.3) is 0 Å². The minimum absolute atomic E-state index is 0.0292. The number of nitrogens with two attached hydrogens (primary N) is 1. The fourth-order valence-electron chi connectivity index (χ4n) is 4.09. The highest BCUT2D eigenvalue weighted by molar-refractivity contribution is 6.34. The van der Waals surface area contributed by atoms with E-state index < -0.39 is 5.97 Å². The molecule has 0 radical (unpaired) electrons. The Hall–Kier alpha value is -3.40. The maximum Gasteiger partial charge on any atom is 0.330 e. The van der Waals surface area contributed by atoms with Crippen molar-refractivity contribution in [3.63, 3.8) is 0 Å². The molecule has 1 aliphatic heterocycles. The summed E-state index contributed by atoms with van der Waals surface area (Å²) >= 11 is 6.43. The molecular formula is C23H29ClN6O4. The minimum Gasteiger partial charge on any atom is -0.481 e. The van der Waals surface area contributed by atoms with E-state index in [1.165, 1.54) is 17.7 Å². The second kappa shape index (κ2) is 11.1. The van der Waals surface area contributed by atoms with Crippen LogP contribution in [-0.4, -0.2) is 40.0 Å². The van der Waals surface area contributed by atoms with E-state index in [2.05, 4.69) is 15.3 Å². The van der Waals surface area contributed by atoms with Gasteiger partial charge in [-0.3, -0.25) is 19.4 Å². The van der Waals surface area contributed by atoms with E-state index >= 15 is 0 Å². The largest absolute Gasteiger partial charge is 0.481 e. The molecule has 1 aromatic heterocycles. The first-order chi connectivity index (χ1) is 16.2. The molecule has 0 unspecified atom stereocenters. The topological polar surface area (TPSA) is 142 Å². The Kier molecular flexibility index (Phi) is 8.27. The van der Waals surface area contributed by atoms with Crippen LogP contribution < -0.4 is 20.9 Å². The fraction of sp³-hybridized carbons (Fsp3) is 0.435. The van der Waals surface area contributed by atoms with Crippen molar-refractivity contribution in [1.29, 1.82) is 0 Å². The molecule has 3 amide bonds. The quantitative estimate of drug-likeness (QED) is 0.547. The standard InChI is InChI=1S/C21H25ClN6O2.C2H4O2/c1-27-18-14(11-24-20(23)26-18)12-28(21(27)30)17-10-15(8-9-16(17)22)25-19(29)13-6-4-2-3-5-7-13;1-2(3)4/h8-11,13H,2-7,12H2,1H3,(H,25,29)(H2,23,24,26);1H3,(H,3,4). The van der Waals surface area contributed by atoms with Crippen molar-refractivity contribution >= 4 is 52.6 Å². The summed E-state index contributed by atoms with van der Waals surface area (Å²) in [6.07, 6.45) is 8.00. The fourth-order valence-corrected chi connectivity index (χ4v) is 4.31. The van der Waals surface area contributed by atoms with Crippen LogP contribution in [-0.2, 0) is 16.1 Å². The molecule has 2 aliphatic rings. The number of amides is 3. The molecule has 0 bridgehead atoms. The Labute approximate surface area is 203 Å². The molecule has 182 valence electrons. The van der Waals surface area contributed by atoms with Gasteiger partial charge in [-0.05, 0) is 31.0 Å². The molecule has 1 aromatic carbocycles. The lowest BCUT2D eigenvalue weighted by molar-refractivity contribution is -0.134. The molecule has 2 aromatic rings. The molecule has 4 N–H and O–H groups in total. The summed E-state index contributed by atoms with van der Waals surface area (Å²) in [5, 5.41) is 10.8. The summed E-state index contributed by atoms with van der Waals surface area (Å²) in [7, 11) is 1.63. The number of rotatable bonds is 3. The second-order valence-corrected chi connectivity index (χ2v) is 8.77. The van der Waals surface area contributed by atoms with Crippen LogP contribution in [0.1, 0.15) is 51.0 Å². The Morgan fingerprint density at radius 3 is 2.50 bits per heavy atom. The molecule has 1 fully saturated rings. The van der Waals surface area contributed by atoms with Gasteiger partial charge in [0, 0.05) is 37.3 Å². The predicted molar refractivity (Wildman–Crippen MR) is 131 cm³/mol. The molecule has 2 heterocycles. The zero-order valence-corrected chi connectivity index (χ0v) is 20.0. The van der Waals surface area contributed by atoms with E-state index in [1.54, 1.807) is 36.3 Å². The van der Waals surface area contributed by atoms with Gasteiger partial charge in [0.2, 0.25) is 11.9 Å². The molecule has 1 saturated carbocycles. The zero-order chi connectivity index (χ0) is 24.8. The molecular weight excluding hydrogens is 460 g/mol. The summed E-state index contributed by atoms with van der Waals surface area (Å²) in [5.41, 5.74) is 7.57. The number of aromatic nitrogens is 2. The van der Waals surface area contributed by atoms with E-state index in [0.29, 0.717) is 22.2 Å². The number of fused-ring (bicyclic) bond motifs is 1. The molecule has 4 rings (SSSR count). The van der Waals surface area contributed by atoms with E-state index in [9.17, 15) is 9.59 Å². The number of nitrogen functional groups attached to an aromatic ring is 1. The number of hydrogen-bond acceptors (Lipinski definition) is 6. The first-order valence-electron chi connectivity index (χ1n) is 11.1. The smallest absolute Gasteiger partial charge is 0.330 e. The van der Waals surface area contributed by atoms with Crippen LogP contribution in [0.5, 0.6) is 0 Å². The van der Waals surface area contributed by atoms with Crippen molar-refractivity contribution in [1.82, 2.24) is 9.97 Å². The number of aliphatic carboxylic acids is 1. The highest BCUT2D eigenvalue weighted by Crippen LogP contribution is 2.35. The number of benzene rings is 1. The number of carboxylic acids is 1. The molecule has 10 nitrogen and oxygen atoms in total. The van der Waals surface area contributed by atoms with Gasteiger partial charge in [0.15, 0.2) is 0 Å². The third-order valence-corrected chi connectivity index (χ3v) is 6.07. The van der Waals surface area contributed by atoms with Gasteiger partial charge < -0.3 is 16.2 Å². The number of urea groups is 1. The normalized spacial score (nSPS) is 16.1. The van der Waals surface area contributed by atoms with Crippen LogP contribution in [0.4, 0.5) is 27.9 Å². The Bertz CT molecular complexity index is 1070. The van der Waals surface area contributed by atoms with E-state index in [-0.39, 0.29) is 30.3 Å². The van der Waals surface area contributed by atoms with Crippen molar-refractivity contribution < 1.29 is 19.5 Å². The lowest BCUT2D eigenvalue weighted by atomic mass is 9.99. The highest BCUT2D eigenvalue weighted by Gasteiger charge is 2.32. The van der Waals surface area contributed by atoms with Crippen molar-refractivity contribution in [2.45, 2.75) is 52.0 Å². The highest BCUT2D eigenvalue weighted by atomic mass is 35.5. The van der Waals surface area contributed by atoms with Gasteiger partial charge in [-0.1, -0.05) is 37.3 Å². The molecule has 0 saturated heterocycles. The van der Waals surface area contributed by atoms with Crippen LogP contribution in [0.3, 0.4) is 0 Å². The number of nitrogens with one attached hydrogen (secondary N) is 1. The van der Waals surface area contributed by atoms with Crippen LogP contribution in [0.15, 0.2) is 24.4 Å². The monoisotopic (exact) mass is 488 g/mol. The van der Waals surface area contributed by atoms with Crippen molar-refractivity contribution in [2.75, 3.05) is 27.9 Å². The number of anilines is 4. The SMILES string of the molecule is CC(=O)O.CN1C(=O)N(c2cc(NC(=O)C3CCCCCC3)ccc2Cl)Cc2cnc(N)nc21. The van der Waals surface area contributed by atoms with Crippen molar-refractivity contribution in [2.24, 2.45) is 5.92 Å². The zero-order valence-electron chi connectivity index (χ0n) is 19.3. The van der Waals surface area contributed by atoms with Crippen LogP contribution in [0.2, 0.25) is 5.02 Å². The number of halogens is 1. The number of carbonyl (C=O) groups excluding carboxylic acids is 2. The summed E-state index contributed by atoms with van der Waals surface area (Å²) in [5.74, 6) is -0.175. The molecule has 34 heavy (non-hydrogen) atoms. The van der Waals surface area contributed by atoms with Gasteiger partial charge in [0.25, 0.3) is 5.97 Å². The van der Waals surface area contributed by atoms with Crippen molar-refractivity contribution in [3.05, 3.63) is 35.0 Å². The molecule has 0 spiro atoms. The van der Waals surface area contributed by atoms with Crippen LogP contribution in [0, 0.1) is 5.92 Å².